The number of hydrogen-bond donors (Lipinski definition) is 3. The molecule has 0 heterocycles. The van der Waals surface area contributed by atoms with Crippen LogP contribution in [0.5, 0.6) is 0 Å². The first-order valence-corrected chi connectivity index (χ1v) is 17.3. The molecule has 0 aliphatic carbocycles. The molecule has 4 rings (SSSR count). The fraction of sp³-hybridized carbons (Fsp3) is 0.357. The molecule has 0 fully saturated rings. The molecule has 9 nitrogen and oxygen atoms in total. The van der Waals surface area contributed by atoms with Crippen LogP contribution in [0.3, 0.4) is 0 Å². The van der Waals surface area contributed by atoms with Crippen molar-refractivity contribution in [1.29, 1.82) is 0 Å². The van der Waals surface area contributed by atoms with Crippen molar-refractivity contribution in [1.82, 2.24) is 16.0 Å². The molecule has 0 aliphatic rings. The molecule has 3 N–H and O–H groups in total. The third-order valence-corrected chi connectivity index (χ3v) is 7.89. The van der Waals surface area contributed by atoms with E-state index in [-0.39, 0.29) is 32.1 Å². The number of ether oxygens (including phenoxy) is 3. The summed E-state index contributed by atoms with van der Waals surface area (Å²) < 4.78 is 17.3. The summed E-state index contributed by atoms with van der Waals surface area (Å²) in [7, 11) is 0. The molecule has 4 aromatic carbocycles. The van der Waals surface area contributed by atoms with Crippen molar-refractivity contribution in [2.24, 2.45) is 0 Å². The van der Waals surface area contributed by atoms with Gasteiger partial charge in [-0.3, -0.25) is 9.59 Å². The minimum atomic E-state index is -1.07. The summed E-state index contributed by atoms with van der Waals surface area (Å²) in [6, 6.07) is 37.0. The lowest BCUT2D eigenvalue weighted by Crippen LogP contribution is -2.53. The first-order chi connectivity index (χ1) is 24.2. The van der Waals surface area contributed by atoms with E-state index in [0.717, 1.165) is 22.3 Å². The maximum absolute atomic E-state index is 14.3. The Morgan fingerprint density at radius 2 is 1.12 bits per heavy atom. The van der Waals surface area contributed by atoms with Gasteiger partial charge < -0.3 is 30.2 Å². The van der Waals surface area contributed by atoms with Crippen molar-refractivity contribution in [2.75, 3.05) is 13.2 Å². The SMILES string of the molecule is CC(C)(C)OCC(CNC(CC(=O)NC(c1ccccc1)(c1ccccc1)c1ccccc1)C(=O)OCc1ccccc1)NC(=O)OC(C)(C)C. The zero-order valence-electron chi connectivity index (χ0n) is 30.5. The van der Waals surface area contributed by atoms with Gasteiger partial charge >= 0.3 is 12.1 Å². The standard InChI is InChI=1S/C42H51N3O6/c1-40(2,3)50-30-35(44-39(48)51-41(4,5)6)28-43-36(38(47)49-29-31-19-11-7-12-20-31)27-37(46)45-42(32-21-13-8-14-22-32,33-23-15-9-16-24-33)34-25-17-10-18-26-34/h7-26,35-36,43H,27-30H2,1-6H3,(H,44,48)(H,45,46). The van der Waals surface area contributed by atoms with Crippen LogP contribution in [0.4, 0.5) is 4.79 Å². The molecule has 0 saturated carbocycles. The first kappa shape index (κ1) is 38.8. The second kappa shape index (κ2) is 17.8. The van der Waals surface area contributed by atoms with Gasteiger partial charge in [0.25, 0.3) is 0 Å². The highest BCUT2D eigenvalue weighted by Crippen LogP contribution is 2.37. The molecule has 270 valence electrons. The summed E-state index contributed by atoms with van der Waals surface area (Å²) in [4.78, 5) is 40.9. The number of nitrogens with one attached hydrogen (secondary N) is 3. The Labute approximate surface area is 302 Å². The summed E-state index contributed by atoms with van der Waals surface area (Å²) in [5.74, 6) is -0.991. The van der Waals surface area contributed by atoms with Gasteiger partial charge in [-0.05, 0) is 63.8 Å². The van der Waals surface area contributed by atoms with E-state index in [0.29, 0.717) is 0 Å². The Balaban J connectivity index is 1.64. The van der Waals surface area contributed by atoms with Crippen LogP contribution >= 0.6 is 0 Å². The topological polar surface area (TPSA) is 115 Å². The average molecular weight is 694 g/mol. The van der Waals surface area contributed by atoms with Crippen LogP contribution in [0.15, 0.2) is 121 Å². The van der Waals surface area contributed by atoms with Crippen molar-refractivity contribution in [2.45, 2.75) is 83.4 Å². The lowest BCUT2D eigenvalue weighted by atomic mass is 9.77. The highest BCUT2D eigenvalue weighted by molar-refractivity contribution is 5.86. The molecule has 0 spiro atoms. The van der Waals surface area contributed by atoms with E-state index in [1.165, 1.54) is 0 Å². The van der Waals surface area contributed by atoms with E-state index >= 15 is 0 Å². The van der Waals surface area contributed by atoms with Crippen molar-refractivity contribution in [3.05, 3.63) is 144 Å². The number of benzene rings is 4. The smallest absolute Gasteiger partial charge is 0.407 e. The Morgan fingerprint density at radius 3 is 1.57 bits per heavy atom. The van der Waals surface area contributed by atoms with Crippen LogP contribution < -0.4 is 16.0 Å². The van der Waals surface area contributed by atoms with Crippen LogP contribution in [-0.2, 0) is 35.9 Å². The Hall–Kier alpha value is -4.99. The Kier molecular flexibility index (Phi) is 13.5. The lowest BCUT2D eigenvalue weighted by Gasteiger charge is -2.37. The van der Waals surface area contributed by atoms with E-state index in [9.17, 15) is 14.4 Å². The normalized spacial score (nSPS) is 13.1. The number of carbonyl (C=O) groups excluding carboxylic acids is 3. The van der Waals surface area contributed by atoms with Crippen molar-refractivity contribution in [3.63, 3.8) is 0 Å². The fourth-order valence-electron chi connectivity index (χ4n) is 5.56. The maximum atomic E-state index is 14.3. The van der Waals surface area contributed by atoms with Gasteiger partial charge in [-0.25, -0.2) is 4.79 Å². The van der Waals surface area contributed by atoms with Gasteiger partial charge in [0, 0.05) is 6.54 Å². The second-order valence-electron chi connectivity index (χ2n) is 14.4. The van der Waals surface area contributed by atoms with Gasteiger partial charge in [-0.15, -0.1) is 0 Å². The quantitative estimate of drug-likeness (QED) is 0.0918. The number of carbonyl (C=O) groups is 3. The van der Waals surface area contributed by atoms with Gasteiger partial charge in [0.2, 0.25) is 5.91 Å². The fourth-order valence-corrected chi connectivity index (χ4v) is 5.56. The summed E-state index contributed by atoms with van der Waals surface area (Å²) >= 11 is 0. The van der Waals surface area contributed by atoms with Crippen molar-refractivity contribution >= 4 is 18.0 Å². The molecule has 2 amide bonds. The van der Waals surface area contributed by atoms with Crippen molar-refractivity contribution < 1.29 is 28.6 Å². The van der Waals surface area contributed by atoms with Crippen LogP contribution in [0.1, 0.15) is 70.2 Å². The molecule has 0 bridgehead atoms. The summed E-state index contributed by atoms with van der Waals surface area (Å²) in [5, 5.41) is 9.39. The molecule has 0 radical (unpaired) electrons. The minimum Gasteiger partial charge on any atom is -0.460 e. The Morgan fingerprint density at radius 1 is 0.647 bits per heavy atom. The molecule has 2 atom stereocenters. The van der Waals surface area contributed by atoms with E-state index in [2.05, 4.69) is 16.0 Å². The molecule has 0 aliphatic heterocycles. The van der Waals surface area contributed by atoms with Crippen molar-refractivity contribution in [3.8, 4) is 0 Å². The van der Waals surface area contributed by atoms with Gasteiger partial charge in [-0.1, -0.05) is 121 Å². The predicted molar refractivity (Wildman–Crippen MR) is 199 cm³/mol. The van der Waals surface area contributed by atoms with Crippen LogP contribution in [0, 0.1) is 0 Å². The minimum absolute atomic E-state index is 0.0359. The molecule has 51 heavy (non-hydrogen) atoms. The van der Waals surface area contributed by atoms with Gasteiger partial charge in [-0.2, -0.15) is 0 Å². The van der Waals surface area contributed by atoms with E-state index in [1.807, 2.05) is 142 Å². The molecule has 4 aromatic rings. The average Bonchev–Trinajstić information content (AvgIpc) is 3.10. The molecule has 9 heteroatoms. The molecule has 0 aromatic heterocycles. The lowest BCUT2D eigenvalue weighted by molar-refractivity contribution is -0.149. The Bertz CT molecular complexity index is 1570. The zero-order chi connectivity index (χ0) is 36.9. The number of rotatable bonds is 15. The van der Waals surface area contributed by atoms with Crippen LogP contribution in [0.25, 0.3) is 0 Å². The van der Waals surface area contributed by atoms with Crippen LogP contribution in [0.2, 0.25) is 0 Å². The van der Waals surface area contributed by atoms with Crippen LogP contribution in [-0.4, -0.2) is 54.4 Å². The highest BCUT2D eigenvalue weighted by Gasteiger charge is 2.39. The zero-order valence-corrected chi connectivity index (χ0v) is 30.5. The van der Waals surface area contributed by atoms with Gasteiger partial charge in [0.05, 0.1) is 24.7 Å². The third kappa shape index (κ3) is 12.1. The number of esters is 1. The summed E-state index contributed by atoms with van der Waals surface area (Å²) in [5.41, 5.74) is 1.11. The first-order valence-electron chi connectivity index (χ1n) is 17.3. The van der Waals surface area contributed by atoms with Gasteiger partial charge in [0.1, 0.15) is 23.8 Å². The van der Waals surface area contributed by atoms with E-state index < -0.39 is 40.9 Å². The van der Waals surface area contributed by atoms with E-state index in [1.54, 1.807) is 20.8 Å². The highest BCUT2D eigenvalue weighted by atomic mass is 16.6. The number of alkyl carbamates (subject to hydrolysis) is 1. The number of amides is 2. The van der Waals surface area contributed by atoms with E-state index in [4.69, 9.17) is 14.2 Å². The number of hydrogen-bond acceptors (Lipinski definition) is 7. The monoisotopic (exact) mass is 693 g/mol. The summed E-state index contributed by atoms with van der Waals surface area (Å²) in [6.07, 6.45) is -0.868. The molecule has 2 unspecified atom stereocenters. The predicted octanol–water partition coefficient (Wildman–Crippen LogP) is 6.89. The molecular formula is C42H51N3O6. The second-order valence-corrected chi connectivity index (χ2v) is 14.4. The molecule has 0 saturated heterocycles. The molecular weight excluding hydrogens is 642 g/mol. The van der Waals surface area contributed by atoms with Gasteiger partial charge in [0.15, 0.2) is 0 Å². The largest absolute Gasteiger partial charge is 0.460 e. The summed E-state index contributed by atoms with van der Waals surface area (Å²) in [6.45, 7) is 11.3. The third-order valence-electron chi connectivity index (χ3n) is 7.89. The maximum Gasteiger partial charge on any atom is 0.407 e.